The third kappa shape index (κ3) is 4.13. The molecule has 0 spiro atoms. The molecule has 0 saturated carbocycles. The predicted molar refractivity (Wildman–Crippen MR) is 90.8 cm³/mol. The van der Waals surface area contributed by atoms with Crippen LogP contribution in [0.2, 0.25) is 0 Å². The van der Waals surface area contributed by atoms with Crippen LogP contribution in [0.25, 0.3) is 0 Å². The van der Waals surface area contributed by atoms with Crippen molar-refractivity contribution in [3.8, 4) is 0 Å². The van der Waals surface area contributed by atoms with Crippen molar-refractivity contribution >= 4 is 15.9 Å². The Bertz CT molecular complexity index is 698. The fourth-order valence-corrected chi connectivity index (χ4v) is 4.18. The van der Waals surface area contributed by atoms with Crippen molar-refractivity contribution in [2.24, 2.45) is 5.92 Å². The summed E-state index contributed by atoms with van der Waals surface area (Å²) in [5.74, 6) is -0.754. The Morgan fingerprint density at radius 1 is 1.38 bits per heavy atom. The van der Waals surface area contributed by atoms with Crippen LogP contribution in [0, 0.1) is 11.7 Å². The fourth-order valence-electron chi connectivity index (χ4n) is 2.62. The Labute approximate surface area is 143 Å². The number of rotatable bonds is 5. The summed E-state index contributed by atoms with van der Waals surface area (Å²) in [5.41, 5.74) is 0.153. The molecule has 2 rings (SSSR count). The first-order valence-electron chi connectivity index (χ1n) is 8.36. The Kier molecular flexibility index (Phi) is 5.98. The number of nitrogens with one attached hydrogen (secondary N) is 1. The van der Waals surface area contributed by atoms with Crippen LogP contribution in [0.15, 0.2) is 23.1 Å². The first-order chi connectivity index (χ1) is 11.3. The van der Waals surface area contributed by atoms with Gasteiger partial charge in [-0.25, -0.2) is 12.8 Å². The van der Waals surface area contributed by atoms with Crippen LogP contribution >= 0.6 is 0 Å². The van der Waals surface area contributed by atoms with Gasteiger partial charge in [0.2, 0.25) is 10.0 Å². The van der Waals surface area contributed by atoms with E-state index in [0.29, 0.717) is 19.0 Å². The number of halogens is 1. The summed E-state index contributed by atoms with van der Waals surface area (Å²) in [4.78, 5) is 11.8. The lowest BCUT2D eigenvalue weighted by Crippen LogP contribution is -2.38. The highest BCUT2D eigenvalue weighted by molar-refractivity contribution is 7.89. The molecule has 5 nitrogen and oxygen atoms in total. The number of piperidine rings is 1. The number of carbonyl (C=O) groups excluding carboxylic acids is 1. The van der Waals surface area contributed by atoms with Crippen LogP contribution < -0.4 is 5.32 Å². The van der Waals surface area contributed by atoms with E-state index in [4.69, 9.17) is 0 Å². The Morgan fingerprint density at radius 3 is 2.58 bits per heavy atom. The second-order valence-electron chi connectivity index (χ2n) is 6.51. The lowest BCUT2D eigenvalue weighted by atomic mass is 10.0. The van der Waals surface area contributed by atoms with Crippen LogP contribution in [0.3, 0.4) is 0 Å². The monoisotopic (exact) mass is 356 g/mol. The molecule has 0 bridgehead atoms. The quantitative estimate of drug-likeness (QED) is 0.882. The molecule has 1 heterocycles. The number of hydrogen-bond donors (Lipinski definition) is 1. The maximum absolute atomic E-state index is 14.2. The van der Waals surface area contributed by atoms with Crippen molar-refractivity contribution in [2.75, 3.05) is 13.1 Å². The highest BCUT2D eigenvalue weighted by atomic mass is 32.2. The van der Waals surface area contributed by atoms with Crippen LogP contribution in [0.1, 0.15) is 50.4 Å². The second-order valence-corrected chi connectivity index (χ2v) is 8.42. The minimum absolute atomic E-state index is 0.0359. The largest absolute Gasteiger partial charge is 0.350 e. The molecule has 1 saturated heterocycles. The summed E-state index contributed by atoms with van der Waals surface area (Å²) in [6.45, 7) is 6.62. The number of hydrogen-bond acceptors (Lipinski definition) is 3. The number of nitrogens with zero attached hydrogens (tertiary/aromatic N) is 1. The molecule has 0 unspecified atom stereocenters. The smallest absolute Gasteiger partial charge is 0.251 e. The lowest BCUT2D eigenvalue weighted by Gasteiger charge is -2.29. The minimum atomic E-state index is -3.93. The average Bonchev–Trinajstić information content (AvgIpc) is 2.55. The van der Waals surface area contributed by atoms with Gasteiger partial charge in [0.05, 0.1) is 0 Å². The molecule has 0 radical (unpaired) electrons. The van der Waals surface area contributed by atoms with Crippen molar-refractivity contribution < 1.29 is 17.6 Å². The van der Waals surface area contributed by atoms with Crippen LogP contribution in [-0.2, 0) is 10.0 Å². The average molecular weight is 356 g/mol. The van der Waals surface area contributed by atoms with Gasteiger partial charge in [-0.15, -0.1) is 0 Å². The third-order valence-electron chi connectivity index (χ3n) is 4.54. The fraction of sp³-hybridized carbons (Fsp3) is 0.588. The van der Waals surface area contributed by atoms with Crippen LogP contribution in [-0.4, -0.2) is 37.8 Å². The van der Waals surface area contributed by atoms with Crippen LogP contribution in [0.5, 0.6) is 0 Å². The normalized spacial score (nSPS) is 18.3. The molecule has 0 aliphatic carbocycles. The Morgan fingerprint density at radius 2 is 2.00 bits per heavy atom. The van der Waals surface area contributed by atoms with Gasteiger partial charge < -0.3 is 5.32 Å². The summed E-state index contributed by atoms with van der Waals surface area (Å²) in [5, 5.41) is 2.76. The zero-order valence-electron chi connectivity index (χ0n) is 14.4. The van der Waals surface area contributed by atoms with Crippen molar-refractivity contribution in [2.45, 2.75) is 51.0 Å². The zero-order chi connectivity index (χ0) is 17.9. The van der Waals surface area contributed by atoms with Crippen molar-refractivity contribution in [3.63, 3.8) is 0 Å². The molecule has 1 aromatic rings. The summed E-state index contributed by atoms with van der Waals surface area (Å²) in [7, 11) is -3.93. The number of carbonyl (C=O) groups is 1. The molecule has 1 aliphatic heterocycles. The summed E-state index contributed by atoms with van der Waals surface area (Å²) >= 11 is 0. The zero-order valence-corrected chi connectivity index (χ0v) is 15.2. The highest BCUT2D eigenvalue weighted by Gasteiger charge is 2.31. The predicted octanol–water partition coefficient (Wildman–Crippen LogP) is 2.77. The van der Waals surface area contributed by atoms with Gasteiger partial charge in [-0.3, -0.25) is 4.79 Å². The molecule has 134 valence electrons. The Balaban J connectivity index is 2.29. The molecule has 24 heavy (non-hydrogen) atoms. The molecule has 1 aliphatic rings. The standard InChI is InChI=1S/C17H25FN2O3S/c1-4-13(3)19-17(21)14-5-6-15(18)16(11-14)24(22,23)20-9-7-12(2)8-10-20/h5-6,11-13H,4,7-10H2,1-3H3,(H,19,21)/t13-/m0/s1. The second kappa shape index (κ2) is 7.61. The van der Waals surface area contributed by atoms with Gasteiger partial charge in [0.15, 0.2) is 0 Å². The minimum Gasteiger partial charge on any atom is -0.350 e. The SMILES string of the molecule is CC[C@H](C)NC(=O)c1ccc(F)c(S(=O)(=O)N2CCC(C)CC2)c1. The van der Waals surface area contributed by atoms with E-state index in [2.05, 4.69) is 12.2 Å². The van der Waals surface area contributed by atoms with Gasteiger partial charge in [0, 0.05) is 24.7 Å². The van der Waals surface area contributed by atoms with E-state index < -0.39 is 26.6 Å². The third-order valence-corrected chi connectivity index (χ3v) is 6.46. The first-order valence-corrected chi connectivity index (χ1v) is 9.80. The summed E-state index contributed by atoms with van der Waals surface area (Å²) in [6, 6.07) is 3.46. The van der Waals surface area contributed by atoms with Crippen molar-refractivity contribution in [1.29, 1.82) is 0 Å². The van der Waals surface area contributed by atoms with E-state index in [1.807, 2.05) is 13.8 Å². The molecule has 1 atom stereocenters. The van der Waals surface area contributed by atoms with Gasteiger partial charge in [-0.2, -0.15) is 4.31 Å². The number of sulfonamides is 1. The molecule has 0 aromatic heterocycles. The van der Waals surface area contributed by atoms with Crippen LogP contribution in [0.4, 0.5) is 4.39 Å². The maximum atomic E-state index is 14.2. The molecular weight excluding hydrogens is 331 g/mol. The molecule has 1 aromatic carbocycles. The van der Waals surface area contributed by atoms with E-state index in [-0.39, 0.29) is 11.6 Å². The van der Waals surface area contributed by atoms with Gasteiger partial charge in [0.25, 0.3) is 5.91 Å². The molecule has 1 amide bonds. The maximum Gasteiger partial charge on any atom is 0.251 e. The van der Waals surface area contributed by atoms with Gasteiger partial charge in [-0.05, 0) is 50.3 Å². The summed E-state index contributed by atoms with van der Waals surface area (Å²) < 4.78 is 40.9. The van der Waals surface area contributed by atoms with Gasteiger partial charge >= 0.3 is 0 Å². The molecule has 7 heteroatoms. The van der Waals surface area contributed by atoms with Crippen molar-refractivity contribution in [1.82, 2.24) is 9.62 Å². The van der Waals surface area contributed by atoms with E-state index in [1.54, 1.807) is 0 Å². The first kappa shape index (κ1) is 18.9. The molecule has 1 N–H and O–H groups in total. The topological polar surface area (TPSA) is 66.5 Å². The highest BCUT2D eigenvalue weighted by Crippen LogP contribution is 2.25. The molecular formula is C17H25FN2O3S. The van der Waals surface area contributed by atoms with Crippen molar-refractivity contribution in [3.05, 3.63) is 29.6 Å². The molecule has 1 fully saturated rings. The lowest BCUT2D eigenvalue weighted by molar-refractivity contribution is 0.0939. The van der Waals surface area contributed by atoms with Gasteiger partial charge in [-0.1, -0.05) is 13.8 Å². The van der Waals surface area contributed by atoms with E-state index in [0.717, 1.165) is 31.4 Å². The van der Waals surface area contributed by atoms with E-state index in [1.165, 1.54) is 10.4 Å². The number of benzene rings is 1. The van der Waals surface area contributed by atoms with E-state index in [9.17, 15) is 17.6 Å². The number of amides is 1. The van der Waals surface area contributed by atoms with E-state index >= 15 is 0 Å². The Hall–Kier alpha value is -1.47. The summed E-state index contributed by atoms with van der Waals surface area (Å²) in [6.07, 6.45) is 2.27. The van der Waals surface area contributed by atoms with Gasteiger partial charge in [0.1, 0.15) is 10.7 Å².